The molecule has 2 aromatic rings. The molecule has 0 spiro atoms. The second-order valence-electron chi connectivity index (χ2n) is 6.34. The Morgan fingerprint density at radius 2 is 2.00 bits per heavy atom. The van der Waals surface area contributed by atoms with Gasteiger partial charge in [0.25, 0.3) is 5.91 Å². The summed E-state index contributed by atoms with van der Waals surface area (Å²) in [4.78, 5) is 18.0. The zero-order valence-corrected chi connectivity index (χ0v) is 13.8. The third-order valence-corrected chi connectivity index (χ3v) is 4.60. The van der Waals surface area contributed by atoms with Gasteiger partial charge >= 0.3 is 0 Å². The molecule has 1 aromatic heterocycles. The maximum atomic E-state index is 13.9. The SMILES string of the molecule is O=C(c1ncc(F)cc1F)N1CCCCC1CCc1ccc(O)cc1. The number of hydrogen-bond acceptors (Lipinski definition) is 3. The Kier molecular flexibility index (Phi) is 5.26. The lowest BCUT2D eigenvalue weighted by molar-refractivity contribution is 0.0590. The van der Waals surface area contributed by atoms with E-state index in [2.05, 4.69) is 4.98 Å². The van der Waals surface area contributed by atoms with Crippen molar-refractivity contribution in [1.29, 1.82) is 0 Å². The first-order valence-corrected chi connectivity index (χ1v) is 8.44. The largest absolute Gasteiger partial charge is 0.508 e. The summed E-state index contributed by atoms with van der Waals surface area (Å²) in [6.45, 7) is 0.553. The Labute approximate surface area is 145 Å². The Balaban J connectivity index is 1.71. The Morgan fingerprint density at radius 1 is 1.24 bits per heavy atom. The molecule has 0 radical (unpaired) electrons. The van der Waals surface area contributed by atoms with Gasteiger partial charge in [0.2, 0.25) is 0 Å². The number of nitrogens with zero attached hydrogens (tertiary/aromatic N) is 2. The lowest BCUT2D eigenvalue weighted by atomic mass is 9.95. The zero-order chi connectivity index (χ0) is 17.8. The number of aryl methyl sites for hydroxylation is 1. The van der Waals surface area contributed by atoms with Gasteiger partial charge in [-0.15, -0.1) is 0 Å². The van der Waals surface area contributed by atoms with Crippen LogP contribution in [0.1, 0.15) is 41.7 Å². The van der Waals surface area contributed by atoms with Crippen LogP contribution in [0.25, 0.3) is 0 Å². The highest BCUT2D eigenvalue weighted by atomic mass is 19.1. The van der Waals surface area contributed by atoms with Crippen molar-refractivity contribution in [2.75, 3.05) is 6.54 Å². The van der Waals surface area contributed by atoms with Crippen LogP contribution in [0.4, 0.5) is 8.78 Å². The predicted molar refractivity (Wildman–Crippen MR) is 89.3 cm³/mol. The molecule has 4 nitrogen and oxygen atoms in total. The number of hydrogen-bond donors (Lipinski definition) is 1. The molecule has 1 aliphatic rings. The van der Waals surface area contributed by atoms with Crippen molar-refractivity contribution in [3.8, 4) is 5.75 Å². The standard InChI is InChI=1S/C19H20F2N2O2/c20-14-11-17(21)18(22-12-14)19(25)23-10-2-1-3-15(23)7-4-13-5-8-16(24)9-6-13/h5-6,8-9,11-12,15,24H,1-4,7,10H2. The fourth-order valence-corrected chi connectivity index (χ4v) is 3.27. The van der Waals surface area contributed by atoms with Crippen LogP contribution in [0, 0.1) is 11.6 Å². The van der Waals surface area contributed by atoms with Crippen LogP contribution in [0.2, 0.25) is 0 Å². The van der Waals surface area contributed by atoms with E-state index in [4.69, 9.17) is 0 Å². The number of phenols is 1. The molecule has 0 aliphatic carbocycles. The number of phenolic OH excluding ortho intramolecular Hbond substituents is 1. The van der Waals surface area contributed by atoms with Gasteiger partial charge in [-0.3, -0.25) is 4.79 Å². The third-order valence-electron chi connectivity index (χ3n) is 4.60. The number of rotatable bonds is 4. The number of benzene rings is 1. The van der Waals surface area contributed by atoms with Gasteiger partial charge < -0.3 is 10.0 Å². The summed E-state index contributed by atoms with van der Waals surface area (Å²) >= 11 is 0. The molecule has 3 rings (SSSR count). The summed E-state index contributed by atoms with van der Waals surface area (Å²) in [6.07, 6.45) is 5.11. The van der Waals surface area contributed by atoms with E-state index < -0.39 is 17.5 Å². The van der Waals surface area contributed by atoms with Gasteiger partial charge in [-0.05, 0) is 49.8 Å². The molecule has 1 aromatic carbocycles. The van der Waals surface area contributed by atoms with Crippen molar-refractivity contribution in [2.45, 2.75) is 38.1 Å². The first kappa shape index (κ1) is 17.3. The summed E-state index contributed by atoms with van der Waals surface area (Å²) in [5, 5.41) is 9.34. The van der Waals surface area contributed by atoms with Crippen molar-refractivity contribution in [3.05, 3.63) is 59.4 Å². The first-order chi connectivity index (χ1) is 12.0. The van der Waals surface area contributed by atoms with E-state index in [0.29, 0.717) is 12.6 Å². The fourth-order valence-electron chi connectivity index (χ4n) is 3.27. The van der Waals surface area contributed by atoms with Gasteiger partial charge in [0.1, 0.15) is 11.6 Å². The minimum Gasteiger partial charge on any atom is -0.508 e. The lowest BCUT2D eigenvalue weighted by Crippen LogP contribution is -2.44. The van der Waals surface area contributed by atoms with Crippen molar-refractivity contribution in [2.24, 2.45) is 0 Å². The number of piperidine rings is 1. The molecule has 0 saturated carbocycles. The Hall–Kier alpha value is -2.50. The third kappa shape index (κ3) is 4.13. The zero-order valence-electron chi connectivity index (χ0n) is 13.8. The molecule has 1 amide bonds. The average molecular weight is 346 g/mol. The van der Waals surface area contributed by atoms with Crippen LogP contribution in [0.15, 0.2) is 36.5 Å². The molecule has 1 atom stereocenters. The maximum absolute atomic E-state index is 13.9. The van der Waals surface area contributed by atoms with Crippen LogP contribution in [0.5, 0.6) is 5.75 Å². The summed E-state index contributed by atoms with van der Waals surface area (Å²) in [6, 6.07) is 7.67. The van der Waals surface area contributed by atoms with E-state index >= 15 is 0 Å². The average Bonchev–Trinajstić information content (AvgIpc) is 2.61. The molecular formula is C19H20F2N2O2. The minimum absolute atomic E-state index is 0.00121. The molecule has 1 fully saturated rings. The van der Waals surface area contributed by atoms with Gasteiger partial charge in [0, 0.05) is 18.7 Å². The number of amides is 1. The van der Waals surface area contributed by atoms with E-state index in [1.165, 1.54) is 0 Å². The van der Waals surface area contributed by atoms with Crippen LogP contribution in [-0.2, 0) is 6.42 Å². The molecule has 1 aliphatic heterocycles. The summed E-state index contributed by atoms with van der Waals surface area (Å²) in [5.74, 6) is -1.98. The van der Waals surface area contributed by atoms with Crippen molar-refractivity contribution < 1.29 is 18.7 Å². The molecule has 2 heterocycles. The van der Waals surface area contributed by atoms with Crippen molar-refractivity contribution in [3.63, 3.8) is 0 Å². The van der Waals surface area contributed by atoms with Gasteiger partial charge in [0.05, 0.1) is 6.20 Å². The van der Waals surface area contributed by atoms with Crippen molar-refractivity contribution >= 4 is 5.91 Å². The van der Waals surface area contributed by atoms with Crippen molar-refractivity contribution in [1.82, 2.24) is 9.88 Å². The number of halogens is 2. The highest BCUT2D eigenvalue weighted by Crippen LogP contribution is 2.24. The molecule has 25 heavy (non-hydrogen) atoms. The molecule has 1 saturated heterocycles. The fraction of sp³-hybridized carbons (Fsp3) is 0.368. The number of carbonyl (C=O) groups excluding carboxylic acids is 1. The minimum atomic E-state index is -0.923. The molecule has 6 heteroatoms. The topological polar surface area (TPSA) is 53.4 Å². The monoisotopic (exact) mass is 346 g/mol. The first-order valence-electron chi connectivity index (χ1n) is 8.44. The molecule has 1 unspecified atom stereocenters. The molecule has 0 bridgehead atoms. The van der Waals surface area contributed by atoms with E-state index in [0.717, 1.165) is 43.9 Å². The normalized spacial score (nSPS) is 17.5. The van der Waals surface area contributed by atoms with Gasteiger partial charge in [0.15, 0.2) is 11.5 Å². The summed E-state index contributed by atoms with van der Waals surface area (Å²) < 4.78 is 26.9. The smallest absolute Gasteiger partial charge is 0.275 e. The van der Waals surface area contributed by atoms with E-state index in [9.17, 15) is 18.7 Å². The second kappa shape index (κ2) is 7.59. The molecule has 132 valence electrons. The quantitative estimate of drug-likeness (QED) is 0.918. The number of pyridine rings is 1. The van der Waals surface area contributed by atoms with Crippen LogP contribution in [-0.4, -0.2) is 33.5 Å². The van der Waals surface area contributed by atoms with Gasteiger partial charge in [-0.2, -0.15) is 0 Å². The number of aromatic hydroxyl groups is 1. The second-order valence-corrected chi connectivity index (χ2v) is 6.34. The molecular weight excluding hydrogens is 326 g/mol. The number of carbonyl (C=O) groups is 1. The highest BCUT2D eigenvalue weighted by Gasteiger charge is 2.29. The Bertz CT molecular complexity index is 750. The van der Waals surface area contributed by atoms with Gasteiger partial charge in [-0.1, -0.05) is 12.1 Å². The van der Waals surface area contributed by atoms with E-state index in [-0.39, 0.29) is 17.5 Å². The van der Waals surface area contributed by atoms with Crippen LogP contribution >= 0.6 is 0 Å². The highest BCUT2D eigenvalue weighted by molar-refractivity contribution is 5.92. The Morgan fingerprint density at radius 3 is 2.72 bits per heavy atom. The molecule has 1 N–H and O–H groups in total. The number of likely N-dealkylation sites (tertiary alicyclic amines) is 1. The number of aromatic nitrogens is 1. The van der Waals surface area contributed by atoms with E-state index in [1.54, 1.807) is 17.0 Å². The van der Waals surface area contributed by atoms with Crippen LogP contribution < -0.4 is 0 Å². The lowest BCUT2D eigenvalue weighted by Gasteiger charge is -2.35. The maximum Gasteiger partial charge on any atom is 0.275 e. The van der Waals surface area contributed by atoms with Gasteiger partial charge in [-0.25, -0.2) is 13.8 Å². The summed E-state index contributed by atoms with van der Waals surface area (Å²) in [5.41, 5.74) is 0.750. The predicted octanol–water partition coefficient (Wildman–Crippen LogP) is 3.69. The van der Waals surface area contributed by atoms with Crippen LogP contribution in [0.3, 0.4) is 0 Å². The van der Waals surface area contributed by atoms with E-state index in [1.807, 2.05) is 12.1 Å². The summed E-state index contributed by atoms with van der Waals surface area (Å²) in [7, 11) is 0.